The van der Waals surface area contributed by atoms with Gasteiger partial charge in [0.05, 0.1) is 0 Å². The molecule has 1 amide bonds. The molecule has 0 spiro atoms. The molecule has 1 aromatic heterocycles. The van der Waals surface area contributed by atoms with Crippen molar-refractivity contribution in [1.29, 1.82) is 0 Å². The van der Waals surface area contributed by atoms with E-state index in [4.69, 9.17) is 5.73 Å². The molecule has 1 fully saturated rings. The minimum atomic E-state index is -0.405. The molecule has 1 aromatic carbocycles. The predicted octanol–water partition coefficient (Wildman–Crippen LogP) is 2.13. The summed E-state index contributed by atoms with van der Waals surface area (Å²) >= 11 is 1.40. The average molecular weight is 274 g/mol. The zero-order chi connectivity index (χ0) is 13.2. The normalized spacial score (nSPS) is 14.3. The monoisotopic (exact) mass is 274 g/mol. The van der Waals surface area contributed by atoms with Crippen LogP contribution in [0.1, 0.15) is 40.5 Å². The van der Waals surface area contributed by atoms with E-state index in [1.54, 1.807) is 12.1 Å². The molecule has 2 aromatic rings. The first kappa shape index (κ1) is 12.1. The molecule has 5 nitrogen and oxygen atoms in total. The lowest BCUT2D eigenvalue weighted by atomic mass is 10.1. The molecule has 0 atom stereocenters. The molecule has 0 unspecified atom stereocenters. The highest BCUT2D eigenvalue weighted by Gasteiger charge is 2.27. The number of benzene rings is 1. The molecule has 0 saturated heterocycles. The summed E-state index contributed by atoms with van der Waals surface area (Å²) in [6, 6.07) is 7.23. The Kier molecular flexibility index (Phi) is 3.16. The summed E-state index contributed by atoms with van der Waals surface area (Å²) in [7, 11) is 0. The van der Waals surface area contributed by atoms with Gasteiger partial charge in [0.15, 0.2) is 0 Å². The standard InChI is InChI=1S/C13H14N4OS/c14-11(18)9-3-1-8(2-4-9)7-15-13-16-12(17-19-13)10-5-6-10/h1-4,10H,5-7H2,(H2,14,18)(H,15,16,17). The van der Waals surface area contributed by atoms with Gasteiger partial charge in [-0.2, -0.15) is 4.37 Å². The van der Waals surface area contributed by atoms with Crippen molar-refractivity contribution in [2.24, 2.45) is 5.73 Å². The molecule has 1 heterocycles. The molecule has 3 rings (SSSR count). The van der Waals surface area contributed by atoms with Gasteiger partial charge in [-0.1, -0.05) is 12.1 Å². The summed E-state index contributed by atoms with van der Waals surface area (Å²) in [5.41, 5.74) is 6.80. The third-order valence-electron chi connectivity index (χ3n) is 3.07. The largest absolute Gasteiger partial charge is 0.366 e. The maximum Gasteiger partial charge on any atom is 0.248 e. The molecule has 0 bridgehead atoms. The van der Waals surface area contributed by atoms with Gasteiger partial charge < -0.3 is 11.1 Å². The fraction of sp³-hybridized carbons (Fsp3) is 0.308. The van der Waals surface area contributed by atoms with Crippen LogP contribution in [0, 0.1) is 0 Å². The average Bonchev–Trinajstić information content (AvgIpc) is 3.16. The summed E-state index contributed by atoms with van der Waals surface area (Å²) in [4.78, 5) is 15.4. The Hall–Kier alpha value is -1.95. The van der Waals surface area contributed by atoms with Gasteiger partial charge in [0.1, 0.15) is 5.82 Å². The van der Waals surface area contributed by atoms with E-state index in [1.807, 2.05) is 12.1 Å². The van der Waals surface area contributed by atoms with E-state index in [1.165, 1.54) is 24.4 Å². The first-order valence-electron chi connectivity index (χ1n) is 6.18. The summed E-state index contributed by atoms with van der Waals surface area (Å²) in [6.07, 6.45) is 2.43. The summed E-state index contributed by atoms with van der Waals surface area (Å²) < 4.78 is 4.33. The number of amides is 1. The lowest BCUT2D eigenvalue weighted by molar-refractivity contribution is 0.100. The van der Waals surface area contributed by atoms with Gasteiger partial charge in [0, 0.05) is 29.6 Å². The number of aromatic nitrogens is 2. The highest BCUT2D eigenvalue weighted by atomic mass is 32.1. The van der Waals surface area contributed by atoms with Crippen molar-refractivity contribution in [2.45, 2.75) is 25.3 Å². The van der Waals surface area contributed by atoms with E-state index in [0.29, 0.717) is 18.0 Å². The van der Waals surface area contributed by atoms with Gasteiger partial charge in [-0.25, -0.2) is 4.98 Å². The molecule has 6 heteroatoms. The first-order valence-corrected chi connectivity index (χ1v) is 6.96. The zero-order valence-electron chi connectivity index (χ0n) is 10.3. The van der Waals surface area contributed by atoms with Crippen LogP contribution in [0.2, 0.25) is 0 Å². The molecular formula is C13H14N4OS. The van der Waals surface area contributed by atoms with Gasteiger partial charge in [-0.05, 0) is 30.5 Å². The number of carbonyl (C=O) groups excluding carboxylic acids is 1. The zero-order valence-corrected chi connectivity index (χ0v) is 11.1. The second-order valence-electron chi connectivity index (χ2n) is 4.65. The topological polar surface area (TPSA) is 80.9 Å². The summed E-state index contributed by atoms with van der Waals surface area (Å²) in [5.74, 6) is 1.15. The molecule has 1 saturated carbocycles. The second kappa shape index (κ2) is 4.97. The third-order valence-corrected chi connectivity index (χ3v) is 3.75. The number of nitrogens with zero attached hydrogens (tertiary/aromatic N) is 2. The van der Waals surface area contributed by atoms with E-state index in [-0.39, 0.29) is 0 Å². The van der Waals surface area contributed by atoms with Crippen molar-refractivity contribution in [1.82, 2.24) is 9.36 Å². The van der Waals surface area contributed by atoms with Crippen LogP contribution in [0.3, 0.4) is 0 Å². The van der Waals surface area contributed by atoms with Crippen LogP contribution < -0.4 is 11.1 Å². The molecule has 0 aliphatic heterocycles. The summed E-state index contributed by atoms with van der Waals surface area (Å²) in [6.45, 7) is 0.665. The SMILES string of the molecule is NC(=O)c1ccc(CNc2nc(C3CC3)ns2)cc1. The van der Waals surface area contributed by atoms with Crippen LogP contribution in [0.25, 0.3) is 0 Å². The van der Waals surface area contributed by atoms with Crippen LogP contribution in [0.4, 0.5) is 5.13 Å². The van der Waals surface area contributed by atoms with E-state index in [0.717, 1.165) is 16.5 Å². The third kappa shape index (κ3) is 2.90. The van der Waals surface area contributed by atoms with E-state index < -0.39 is 5.91 Å². The van der Waals surface area contributed by atoms with Crippen molar-refractivity contribution in [2.75, 3.05) is 5.32 Å². The van der Waals surface area contributed by atoms with E-state index in [2.05, 4.69) is 14.7 Å². The molecule has 1 aliphatic rings. The Morgan fingerprint density at radius 3 is 2.74 bits per heavy atom. The highest BCUT2D eigenvalue weighted by molar-refractivity contribution is 7.09. The van der Waals surface area contributed by atoms with Crippen LogP contribution in [-0.4, -0.2) is 15.3 Å². The maximum atomic E-state index is 11.0. The van der Waals surface area contributed by atoms with Crippen molar-refractivity contribution in [3.05, 3.63) is 41.2 Å². The van der Waals surface area contributed by atoms with Gasteiger partial charge >= 0.3 is 0 Å². The number of primary amides is 1. The lowest BCUT2D eigenvalue weighted by Crippen LogP contribution is -2.10. The quantitative estimate of drug-likeness (QED) is 0.875. The van der Waals surface area contributed by atoms with Crippen molar-refractivity contribution < 1.29 is 4.79 Å². The second-order valence-corrected chi connectivity index (χ2v) is 5.40. The van der Waals surface area contributed by atoms with Crippen LogP contribution in [0.15, 0.2) is 24.3 Å². The van der Waals surface area contributed by atoms with Crippen molar-refractivity contribution in [3.63, 3.8) is 0 Å². The first-order chi connectivity index (χ1) is 9.22. The van der Waals surface area contributed by atoms with Crippen LogP contribution >= 0.6 is 11.5 Å². The van der Waals surface area contributed by atoms with Crippen LogP contribution in [-0.2, 0) is 6.54 Å². The fourth-order valence-electron chi connectivity index (χ4n) is 1.78. The number of nitrogens with one attached hydrogen (secondary N) is 1. The predicted molar refractivity (Wildman–Crippen MR) is 74.2 cm³/mol. The van der Waals surface area contributed by atoms with Gasteiger partial charge in [-0.15, -0.1) is 0 Å². The molecule has 98 valence electrons. The maximum absolute atomic E-state index is 11.0. The number of carbonyl (C=O) groups is 1. The smallest absolute Gasteiger partial charge is 0.248 e. The summed E-state index contributed by atoms with van der Waals surface area (Å²) in [5, 5.41) is 4.09. The number of hydrogen-bond donors (Lipinski definition) is 2. The molecular weight excluding hydrogens is 260 g/mol. The Bertz CT molecular complexity index is 589. The van der Waals surface area contributed by atoms with Crippen LogP contribution in [0.5, 0.6) is 0 Å². The van der Waals surface area contributed by atoms with Gasteiger partial charge in [0.25, 0.3) is 0 Å². The molecule has 0 radical (unpaired) electrons. The van der Waals surface area contributed by atoms with Gasteiger partial charge in [0.2, 0.25) is 11.0 Å². The molecule has 19 heavy (non-hydrogen) atoms. The molecule has 1 aliphatic carbocycles. The number of rotatable bonds is 5. The van der Waals surface area contributed by atoms with Crippen molar-refractivity contribution >= 4 is 22.6 Å². The van der Waals surface area contributed by atoms with Gasteiger partial charge in [-0.3, -0.25) is 4.79 Å². The van der Waals surface area contributed by atoms with E-state index in [9.17, 15) is 4.79 Å². The van der Waals surface area contributed by atoms with E-state index >= 15 is 0 Å². The number of hydrogen-bond acceptors (Lipinski definition) is 5. The number of anilines is 1. The Balaban J connectivity index is 1.59. The minimum absolute atomic E-state index is 0.405. The lowest BCUT2D eigenvalue weighted by Gasteiger charge is -2.03. The van der Waals surface area contributed by atoms with Crippen molar-refractivity contribution in [3.8, 4) is 0 Å². The minimum Gasteiger partial charge on any atom is -0.366 e. The highest BCUT2D eigenvalue weighted by Crippen LogP contribution is 2.39. The molecule has 3 N–H and O–H groups in total. The Morgan fingerprint density at radius 1 is 1.37 bits per heavy atom. The Morgan fingerprint density at radius 2 is 2.11 bits per heavy atom. The number of nitrogens with two attached hydrogens (primary N) is 1. The Labute approximate surface area is 115 Å². The fourth-order valence-corrected chi connectivity index (χ4v) is 2.42.